The van der Waals surface area contributed by atoms with Gasteiger partial charge in [0.05, 0.1) is 11.5 Å². The first-order valence-electron chi connectivity index (χ1n) is 5.78. The maximum atomic E-state index is 5.62. The largest absolute Gasteiger partial charge is 0.385 e. The molecule has 0 bridgehead atoms. The van der Waals surface area contributed by atoms with Crippen LogP contribution in [0.2, 0.25) is 0 Å². The number of anilines is 1. The van der Waals surface area contributed by atoms with Crippen LogP contribution in [0.5, 0.6) is 0 Å². The Morgan fingerprint density at radius 3 is 2.74 bits per heavy atom. The van der Waals surface area contributed by atoms with Crippen molar-refractivity contribution in [2.45, 2.75) is 0 Å². The average Bonchev–Trinajstić information content (AvgIpc) is 2.45. The molecule has 19 heavy (non-hydrogen) atoms. The molecule has 4 N–H and O–H groups in total. The van der Waals surface area contributed by atoms with Gasteiger partial charge in [-0.25, -0.2) is 0 Å². The Morgan fingerprint density at radius 1 is 1.21 bits per heavy atom. The fraction of sp³-hybridized carbons (Fsp3) is 0.0714. The van der Waals surface area contributed by atoms with E-state index < -0.39 is 0 Å². The second-order valence-electron chi connectivity index (χ2n) is 3.99. The van der Waals surface area contributed by atoms with Crippen LogP contribution >= 0.6 is 28.1 Å². The normalized spacial score (nSPS) is 11.3. The minimum Gasteiger partial charge on any atom is -0.385 e. The molecular weight excluding hydrogens is 322 g/mol. The van der Waals surface area contributed by atoms with Crippen LogP contribution in [0, 0.1) is 0 Å². The minimum absolute atomic E-state index is 0.493. The second kappa shape index (κ2) is 6.54. The SMILES string of the molecule is N/C(=C\Br)NCC(=S)Nc1cccc2ccccc12. The van der Waals surface area contributed by atoms with Crippen LogP contribution in [0.25, 0.3) is 10.8 Å². The molecule has 0 spiro atoms. The molecule has 0 aliphatic rings. The van der Waals surface area contributed by atoms with E-state index >= 15 is 0 Å². The topological polar surface area (TPSA) is 50.1 Å². The summed E-state index contributed by atoms with van der Waals surface area (Å²) in [4.78, 5) is 2.31. The molecule has 5 heteroatoms. The Kier molecular flexibility index (Phi) is 4.76. The Bertz CT molecular complexity index is 620. The summed E-state index contributed by atoms with van der Waals surface area (Å²) in [6, 6.07) is 14.3. The number of rotatable bonds is 4. The van der Waals surface area contributed by atoms with Gasteiger partial charge in [-0.15, -0.1) is 0 Å². The summed E-state index contributed by atoms with van der Waals surface area (Å²) in [6.45, 7) is 0.493. The summed E-state index contributed by atoms with van der Waals surface area (Å²) < 4.78 is 0. The molecule has 0 fully saturated rings. The van der Waals surface area contributed by atoms with Crippen molar-refractivity contribution in [2.24, 2.45) is 5.73 Å². The molecule has 3 nitrogen and oxygen atoms in total. The molecule has 0 aliphatic heterocycles. The average molecular weight is 336 g/mol. The van der Waals surface area contributed by atoms with Gasteiger partial charge in [-0.05, 0) is 11.5 Å². The zero-order valence-corrected chi connectivity index (χ0v) is 12.6. The van der Waals surface area contributed by atoms with E-state index in [2.05, 4.69) is 44.8 Å². The number of fused-ring (bicyclic) bond motifs is 1. The predicted octanol–water partition coefficient (Wildman–Crippen LogP) is 3.32. The van der Waals surface area contributed by atoms with E-state index in [-0.39, 0.29) is 0 Å². The van der Waals surface area contributed by atoms with E-state index in [0.717, 1.165) is 11.1 Å². The lowest BCUT2D eigenvalue weighted by Gasteiger charge is -2.12. The smallest absolute Gasteiger partial charge is 0.103 e. The van der Waals surface area contributed by atoms with Gasteiger partial charge in [0.2, 0.25) is 0 Å². The van der Waals surface area contributed by atoms with Crippen LogP contribution in [-0.2, 0) is 0 Å². The van der Waals surface area contributed by atoms with E-state index in [0.29, 0.717) is 17.4 Å². The van der Waals surface area contributed by atoms with E-state index in [4.69, 9.17) is 18.0 Å². The number of hydrogen-bond acceptors (Lipinski definition) is 3. The highest BCUT2D eigenvalue weighted by molar-refractivity contribution is 9.11. The molecule has 0 amide bonds. The van der Waals surface area contributed by atoms with Crippen molar-refractivity contribution in [2.75, 3.05) is 11.9 Å². The Morgan fingerprint density at radius 2 is 1.95 bits per heavy atom. The summed E-state index contributed by atoms with van der Waals surface area (Å²) in [5.41, 5.74) is 6.63. The monoisotopic (exact) mass is 335 g/mol. The molecule has 0 unspecified atom stereocenters. The highest BCUT2D eigenvalue weighted by Gasteiger charge is 2.02. The molecule has 0 radical (unpaired) electrons. The molecule has 2 aromatic carbocycles. The van der Waals surface area contributed by atoms with Crippen LogP contribution in [0.4, 0.5) is 5.69 Å². The third kappa shape index (κ3) is 3.68. The van der Waals surface area contributed by atoms with Crippen molar-refractivity contribution >= 4 is 49.6 Å². The second-order valence-corrected chi connectivity index (χ2v) is 4.94. The van der Waals surface area contributed by atoms with E-state index in [1.807, 2.05) is 24.3 Å². The summed E-state index contributed by atoms with van der Waals surface area (Å²) in [7, 11) is 0. The maximum Gasteiger partial charge on any atom is 0.103 e. The third-order valence-corrected chi connectivity index (χ3v) is 3.37. The van der Waals surface area contributed by atoms with Gasteiger partial charge in [0.15, 0.2) is 0 Å². The molecule has 0 heterocycles. The van der Waals surface area contributed by atoms with Gasteiger partial charge in [-0.3, -0.25) is 0 Å². The van der Waals surface area contributed by atoms with Gasteiger partial charge in [-0.2, -0.15) is 0 Å². The van der Waals surface area contributed by atoms with Crippen LogP contribution in [0.15, 0.2) is 53.3 Å². The number of halogens is 1. The van der Waals surface area contributed by atoms with Crippen molar-refractivity contribution in [3.8, 4) is 0 Å². The summed E-state index contributed by atoms with van der Waals surface area (Å²) in [6.07, 6.45) is 0. The first-order valence-corrected chi connectivity index (χ1v) is 7.10. The lowest BCUT2D eigenvalue weighted by molar-refractivity contribution is 0.919. The fourth-order valence-corrected chi connectivity index (χ4v) is 2.09. The highest BCUT2D eigenvalue weighted by atomic mass is 79.9. The van der Waals surface area contributed by atoms with Gasteiger partial charge in [0.25, 0.3) is 0 Å². The number of thiocarbonyl (C=S) groups is 1. The standard InChI is InChI=1S/C14H14BrN3S/c15-8-13(16)17-9-14(19)18-12-7-3-5-10-4-1-2-6-11(10)12/h1-8,17H,9,16H2,(H,18,19)/b13-8+. The molecule has 0 saturated carbocycles. The summed E-state index contributed by atoms with van der Waals surface area (Å²) >= 11 is 8.44. The molecule has 0 atom stereocenters. The third-order valence-electron chi connectivity index (χ3n) is 2.63. The van der Waals surface area contributed by atoms with Crippen LogP contribution in [-0.4, -0.2) is 11.5 Å². The van der Waals surface area contributed by atoms with Crippen molar-refractivity contribution in [3.63, 3.8) is 0 Å². The van der Waals surface area contributed by atoms with Crippen molar-refractivity contribution in [1.82, 2.24) is 5.32 Å². The molecular formula is C14H14BrN3S. The van der Waals surface area contributed by atoms with Gasteiger partial charge >= 0.3 is 0 Å². The Hall–Kier alpha value is -1.59. The van der Waals surface area contributed by atoms with Gasteiger partial charge in [0, 0.05) is 16.1 Å². The Balaban J connectivity index is 2.11. The van der Waals surface area contributed by atoms with Crippen molar-refractivity contribution in [3.05, 3.63) is 53.3 Å². The molecule has 2 aromatic rings. The van der Waals surface area contributed by atoms with E-state index in [1.165, 1.54) is 5.39 Å². The number of nitrogens with two attached hydrogens (primary N) is 1. The van der Waals surface area contributed by atoms with Crippen LogP contribution in [0.3, 0.4) is 0 Å². The molecule has 0 aliphatic carbocycles. The molecule has 0 aromatic heterocycles. The molecule has 0 saturated heterocycles. The van der Waals surface area contributed by atoms with E-state index in [9.17, 15) is 0 Å². The Labute approximate surface area is 126 Å². The quantitative estimate of drug-likeness (QED) is 0.750. The summed E-state index contributed by atoms with van der Waals surface area (Å²) in [5, 5.41) is 8.56. The van der Waals surface area contributed by atoms with E-state index in [1.54, 1.807) is 4.99 Å². The van der Waals surface area contributed by atoms with Crippen LogP contribution in [0.1, 0.15) is 0 Å². The number of hydrogen-bond donors (Lipinski definition) is 3. The van der Waals surface area contributed by atoms with Crippen molar-refractivity contribution in [1.29, 1.82) is 0 Å². The number of benzene rings is 2. The zero-order chi connectivity index (χ0) is 13.7. The highest BCUT2D eigenvalue weighted by Crippen LogP contribution is 2.22. The maximum absolute atomic E-state index is 5.62. The van der Waals surface area contributed by atoms with Gasteiger partial charge in [-0.1, -0.05) is 64.5 Å². The lowest BCUT2D eigenvalue weighted by Crippen LogP contribution is -2.29. The van der Waals surface area contributed by atoms with Crippen LogP contribution < -0.4 is 16.4 Å². The van der Waals surface area contributed by atoms with Gasteiger partial charge < -0.3 is 16.4 Å². The lowest BCUT2D eigenvalue weighted by atomic mass is 10.1. The fourth-order valence-electron chi connectivity index (χ4n) is 1.75. The molecule has 2 rings (SSSR count). The van der Waals surface area contributed by atoms with Crippen molar-refractivity contribution < 1.29 is 0 Å². The minimum atomic E-state index is 0.493. The predicted molar refractivity (Wildman–Crippen MR) is 89.4 cm³/mol. The zero-order valence-electron chi connectivity index (χ0n) is 10.2. The van der Waals surface area contributed by atoms with Gasteiger partial charge in [0.1, 0.15) is 5.82 Å². The number of nitrogens with one attached hydrogen (secondary N) is 2. The molecule has 98 valence electrons. The first kappa shape index (κ1) is 13.8. The summed E-state index contributed by atoms with van der Waals surface area (Å²) in [5.74, 6) is 0.544. The first-order chi connectivity index (χ1) is 9.20.